The minimum atomic E-state index is -0.660. The van der Waals surface area contributed by atoms with Crippen LogP contribution in [0.5, 0.6) is 0 Å². The zero-order valence-electron chi connectivity index (χ0n) is 5.92. The molecule has 1 aliphatic rings. The second kappa shape index (κ2) is 4.34. The third kappa shape index (κ3) is 2.89. The molecule has 0 aromatic heterocycles. The Kier molecular flexibility index (Phi) is 4.11. The number of carbonyl (C=O) groups is 1. The van der Waals surface area contributed by atoms with E-state index in [9.17, 15) is 4.79 Å². The topological polar surface area (TPSA) is 63.3 Å². The van der Waals surface area contributed by atoms with Crippen molar-refractivity contribution in [3.63, 3.8) is 0 Å². The number of hydrogen-bond acceptors (Lipinski definition) is 2. The van der Waals surface area contributed by atoms with Gasteiger partial charge in [0.2, 0.25) is 0 Å². The van der Waals surface area contributed by atoms with Gasteiger partial charge in [-0.15, -0.1) is 0 Å². The molecule has 66 valence electrons. The summed E-state index contributed by atoms with van der Waals surface area (Å²) in [6.45, 7) is 0. The average molecular weight is 159 g/mol. The molecule has 0 bridgehead atoms. The quantitative estimate of drug-likeness (QED) is 0.604. The molecular formula is C8H17NO2. The second-order valence-electron chi connectivity index (χ2n) is 2.95. The number of rotatable bonds is 1. The number of hydrogen-bond donors (Lipinski definition) is 2. The molecule has 1 rings (SSSR count). The first kappa shape index (κ1) is 10.4. The van der Waals surface area contributed by atoms with E-state index in [-0.39, 0.29) is 19.4 Å². The van der Waals surface area contributed by atoms with E-state index in [1.54, 1.807) is 0 Å². The molecule has 0 aliphatic heterocycles. The minimum Gasteiger partial charge on any atom is -0.481 e. The van der Waals surface area contributed by atoms with E-state index < -0.39 is 5.97 Å². The van der Waals surface area contributed by atoms with E-state index in [0.717, 1.165) is 25.7 Å². The summed E-state index contributed by atoms with van der Waals surface area (Å²) >= 11 is 0. The summed E-state index contributed by atoms with van der Waals surface area (Å²) in [4.78, 5) is 10.4. The van der Waals surface area contributed by atoms with Crippen molar-refractivity contribution in [2.24, 2.45) is 11.7 Å². The van der Waals surface area contributed by atoms with Crippen LogP contribution >= 0.6 is 0 Å². The van der Waals surface area contributed by atoms with Gasteiger partial charge in [-0.3, -0.25) is 4.79 Å². The van der Waals surface area contributed by atoms with Crippen LogP contribution in [0, 0.1) is 5.92 Å². The van der Waals surface area contributed by atoms with E-state index in [1.807, 2.05) is 0 Å². The van der Waals surface area contributed by atoms with Crippen LogP contribution in [0.15, 0.2) is 0 Å². The van der Waals surface area contributed by atoms with Crippen molar-refractivity contribution in [1.29, 1.82) is 0 Å². The third-order valence-electron chi connectivity index (χ3n) is 2.12. The summed E-state index contributed by atoms with van der Waals surface area (Å²) in [6.07, 6.45) is 3.26. The Morgan fingerprint density at radius 3 is 2.09 bits per heavy atom. The number of nitrogens with two attached hydrogens (primary N) is 1. The standard InChI is InChI=1S/C7H13NO2.CH4/c8-6-3-1-5(2-4-6)7(9)10;/h5-6H,1-4,8H2,(H,9,10);1H4. The zero-order valence-corrected chi connectivity index (χ0v) is 5.92. The van der Waals surface area contributed by atoms with Gasteiger partial charge in [-0.25, -0.2) is 0 Å². The van der Waals surface area contributed by atoms with Crippen molar-refractivity contribution >= 4 is 5.97 Å². The highest BCUT2D eigenvalue weighted by atomic mass is 16.4. The van der Waals surface area contributed by atoms with Gasteiger partial charge in [0.05, 0.1) is 5.92 Å². The first-order chi connectivity index (χ1) is 4.70. The van der Waals surface area contributed by atoms with Gasteiger partial charge in [0.1, 0.15) is 0 Å². The van der Waals surface area contributed by atoms with Gasteiger partial charge < -0.3 is 10.8 Å². The van der Waals surface area contributed by atoms with Crippen LogP contribution in [0.4, 0.5) is 0 Å². The normalized spacial score (nSPS) is 30.6. The molecule has 0 saturated heterocycles. The average Bonchev–Trinajstić information content (AvgIpc) is 1.88. The molecule has 0 aromatic rings. The van der Waals surface area contributed by atoms with Crippen molar-refractivity contribution in [3.8, 4) is 0 Å². The minimum absolute atomic E-state index is 0. The van der Waals surface area contributed by atoms with Gasteiger partial charge in [-0.1, -0.05) is 7.43 Å². The van der Waals surface area contributed by atoms with Gasteiger partial charge in [0.25, 0.3) is 0 Å². The van der Waals surface area contributed by atoms with E-state index in [4.69, 9.17) is 10.8 Å². The Balaban J connectivity index is 0.000001000. The van der Waals surface area contributed by atoms with Crippen molar-refractivity contribution in [3.05, 3.63) is 0 Å². The molecule has 0 radical (unpaired) electrons. The summed E-state index contributed by atoms with van der Waals surface area (Å²) in [5.41, 5.74) is 5.60. The van der Waals surface area contributed by atoms with E-state index >= 15 is 0 Å². The molecule has 3 nitrogen and oxygen atoms in total. The van der Waals surface area contributed by atoms with E-state index in [0.29, 0.717) is 0 Å². The number of carboxylic acids is 1. The van der Waals surface area contributed by atoms with Crippen molar-refractivity contribution in [2.45, 2.75) is 39.2 Å². The van der Waals surface area contributed by atoms with Crippen LogP contribution in [0.2, 0.25) is 0 Å². The zero-order chi connectivity index (χ0) is 7.56. The maximum absolute atomic E-state index is 10.4. The molecule has 1 aliphatic carbocycles. The monoisotopic (exact) mass is 159 g/mol. The van der Waals surface area contributed by atoms with Crippen LogP contribution in [0.3, 0.4) is 0 Å². The highest BCUT2D eigenvalue weighted by Gasteiger charge is 2.23. The fraction of sp³-hybridized carbons (Fsp3) is 0.875. The van der Waals surface area contributed by atoms with Gasteiger partial charge in [-0.2, -0.15) is 0 Å². The molecule has 0 aromatic carbocycles. The summed E-state index contributed by atoms with van der Waals surface area (Å²) in [7, 11) is 0. The smallest absolute Gasteiger partial charge is 0.306 e. The Morgan fingerprint density at radius 1 is 1.27 bits per heavy atom. The molecule has 0 amide bonds. The van der Waals surface area contributed by atoms with E-state index in [1.165, 1.54) is 0 Å². The van der Waals surface area contributed by atoms with Gasteiger partial charge in [-0.05, 0) is 25.7 Å². The van der Waals surface area contributed by atoms with Gasteiger partial charge in [0.15, 0.2) is 0 Å². The molecular weight excluding hydrogens is 142 g/mol. The molecule has 0 heterocycles. The van der Waals surface area contributed by atoms with Crippen LogP contribution in [0.25, 0.3) is 0 Å². The Morgan fingerprint density at radius 2 is 1.73 bits per heavy atom. The van der Waals surface area contributed by atoms with Crippen LogP contribution in [0.1, 0.15) is 33.1 Å². The van der Waals surface area contributed by atoms with Crippen LogP contribution < -0.4 is 5.73 Å². The summed E-state index contributed by atoms with van der Waals surface area (Å²) in [5, 5.41) is 8.58. The first-order valence-corrected chi connectivity index (χ1v) is 3.68. The SMILES string of the molecule is C.NC1CCC(C(=O)O)CC1. The lowest BCUT2D eigenvalue weighted by Crippen LogP contribution is -2.29. The fourth-order valence-electron chi connectivity index (χ4n) is 1.37. The lowest BCUT2D eigenvalue weighted by molar-refractivity contribution is -0.142. The second-order valence-corrected chi connectivity index (χ2v) is 2.95. The Hall–Kier alpha value is -0.570. The number of carboxylic acid groups (broad SMARTS) is 1. The van der Waals surface area contributed by atoms with Gasteiger partial charge in [0, 0.05) is 6.04 Å². The highest BCUT2D eigenvalue weighted by molar-refractivity contribution is 5.70. The van der Waals surface area contributed by atoms with Crippen molar-refractivity contribution in [2.75, 3.05) is 0 Å². The maximum Gasteiger partial charge on any atom is 0.306 e. The Labute approximate surface area is 67.6 Å². The Bertz CT molecular complexity index is 128. The first-order valence-electron chi connectivity index (χ1n) is 3.68. The molecule has 1 fully saturated rings. The predicted molar refractivity (Wildman–Crippen MR) is 44.3 cm³/mol. The molecule has 0 unspecified atom stereocenters. The fourth-order valence-corrected chi connectivity index (χ4v) is 1.37. The molecule has 0 spiro atoms. The molecule has 11 heavy (non-hydrogen) atoms. The summed E-state index contributed by atoms with van der Waals surface area (Å²) in [5.74, 6) is -0.785. The van der Waals surface area contributed by atoms with Crippen molar-refractivity contribution < 1.29 is 9.90 Å². The van der Waals surface area contributed by atoms with Crippen LogP contribution in [-0.2, 0) is 4.79 Å². The molecule has 1 saturated carbocycles. The predicted octanol–water partition coefficient (Wildman–Crippen LogP) is 1.22. The largest absolute Gasteiger partial charge is 0.481 e. The van der Waals surface area contributed by atoms with Gasteiger partial charge >= 0.3 is 5.97 Å². The summed E-state index contributed by atoms with van der Waals surface area (Å²) < 4.78 is 0. The van der Waals surface area contributed by atoms with Crippen LogP contribution in [-0.4, -0.2) is 17.1 Å². The van der Waals surface area contributed by atoms with E-state index in [2.05, 4.69) is 0 Å². The maximum atomic E-state index is 10.4. The molecule has 3 heteroatoms. The molecule has 0 atom stereocenters. The highest BCUT2D eigenvalue weighted by Crippen LogP contribution is 2.22. The summed E-state index contributed by atoms with van der Waals surface area (Å²) in [6, 6.07) is 0.246. The lowest BCUT2D eigenvalue weighted by Gasteiger charge is -2.22. The number of aliphatic carboxylic acids is 1. The van der Waals surface area contributed by atoms with Crippen molar-refractivity contribution in [1.82, 2.24) is 0 Å². The lowest BCUT2D eigenvalue weighted by atomic mass is 9.87. The molecule has 3 N–H and O–H groups in total. The third-order valence-corrected chi connectivity index (χ3v) is 2.12.